The van der Waals surface area contributed by atoms with Crippen LogP contribution in [0, 0.1) is 5.92 Å². The summed E-state index contributed by atoms with van der Waals surface area (Å²) in [6.45, 7) is 5.49. The summed E-state index contributed by atoms with van der Waals surface area (Å²) in [5.41, 5.74) is 4.93. The van der Waals surface area contributed by atoms with Gasteiger partial charge in [0.1, 0.15) is 5.75 Å². The molecule has 0 heterocycles. The maximum Gasteiger partial charge on any atom is 0.240 e. The smallest absolute Gasteiger partial charge is 0.240 e. The molecule has 0 saturated heterocycles. The molecule has 7 heteroatoms. The van der Waals surface area contributed by atoms with Crippen LogP contribution in [0.3, 0.4) is 0 Å². The minimum atomic E-state index is -3.72. The molecular formula is C14H24N2O4S. The lowest BCUT2D eigenvalue weighted by molar-refractivity contribution is 0.0437. The lowest BCUT2D eigenvalue weighted by Gasteiger charge is -2.25. The zero-order valence-electron chi connectivity index (χ0n) is 12.9. The van der Waals surface area contributed by atoms with Gasteiger partial charge in [-0.2, -0.15) is 0 Å². The molecule has 1 rings (SSSR count). The van der Waals surface area contributed by atoms with E-state index < -0.39 is 15.6 Å². The molecular weight excluding hydrogens is 292 g/mol. The highest BCUT2D eigenvalue weighted by molar-refractivity contribution is 7.89. The maximum absolute atomic E-state index is 12.2. The number of anilines is 1. The SMILES string of the molecule is COc1cc(S(=O)(=O)NCC(C)(O)CC(C)C)ccc1N. The van der Waals surface area contributed by atoms with E-state index >= 15 is 0 Å². The topological polar surface area (TPSA) is 102 Å². The summed E-state index contributed by atoms with van der Waals surface area (Å²) in [6, 6.07) is 4.23. The van der Waals surface area contributed by atoms with Crippen molar-refractivity contribution in [3.05, 3.63) is 18.2 Å². The van der Waals surface area contributed by atoms with Crippen molar-refractivity contribution in [3.8, 4) is 5.75 Å². The van der Waals surface area contributed by atoms with E-state index in [2.05, 4.69) is 4.72 Å². The third kappa shape index (κ3) is 5.18. The van der Waals surface area contributed by atoms with E-state index in [9.17, 15) is 13.5 Å². The van der Waals surface area contributed by atoms with Crippen LogP contribution in [0.5, 0.6) is 5.75 Å². The van der Waals surface area contributed by atoms with E-state index in [1.54, 1.807) is 6.92 Å². The number of methoxy groups -OCH3 is 1. The third-order valence-corrected chi connectivity index (χ3v) is 4.41. The van der Waals surface area contributed by atoms with Gasteiger partial charge >= 0.3 is 0 Å². The van der Waals surface area contributed by atoms with Gasteiger partial charge in [-0.25, -0.2) is 13.1 Å². The molecule has 4 N–H and O–H groups in total. The first-order chi connectivity index (χ1) is 9.57. The van der Waals surface area contributed by atoms with Gasteiger partial charge in [0, 0.05) is 12.6 Å². The summed E-state index contributed by atoms with van der Waals surface area (Å²) < 4.78 is 31.9. The number of aliphatic hydroxyl groups is 1. The first-order valence-electron chi connectivity index (χ1n) is 6.73. The lowest BCUT2D eigenvalue weighted by atomic mass is 9.95. The van der Waals surface area contributed by atoms with Crippen LogP contribution >= 0.6 is 0 Å². The van der Waals surface area contributed by atoms with E-state index in [0.29, 0.717) is 17.9 Å². The molecule has 1 aromatic rings. The van der Waals surface area contributed by atoms with Crippen molar-refractivity contribution in [1.82, 2.24) is 4.72 Å². The lowest BCUT2D eigenvalue weighted by Crippen LogP contribution is -2.41. The van der Waals surface area contributed by atoms with E-state index in [1.165, 1.54) is 25.3 Å². The number of benzene rings is 1. The zero-order valence-corrected chi connectivity index (χ0v) is 13.7. The van der Waals surface area contributed by atoms with Crippen LogP contribution < -0.4 is 15.2 Å². The molecule has 0 aliphatic carbocycles. The number of hydrogen-bond acceptors (Lipinski definition) is 5. The number of sulfonamides is 1. The zero-order chi connectivity index (χ0) is 16.3. The van der Waals surface area contributed by atoms with E-state index in [1.807, 2.05) is 13.8 Å². The fourth-order valence-corrected chi connectivity index (χ4v) is 3.32. The second-order valence-corrected chi connectivity index (χ2v) is 7.59. The van der Waals surface area contributed by atoms with Gasteiger partial charge in [0.15, 0.2) is 0 Å². The predicted octanol–water partition coefficient (Wildman–Crippen LogP) is 1.35. The molecule has 120 valence electrons. The van der Waals surface area contributed by atoms with Gasteiger partial charge in [-0.3, -0.25) is 0 Å². The van der Waals surface area contributed by atoms with Crippen LogP contribution in [0.4, 0.5) is 5.69 Å². The molecule has 0 amide bonds. The summed E-state index contributed by atoms with van der Waals surface area (Å²) in [6.07, 6.45) is 0.501. The molecule has 0 spiro atoms. The maximum atomic E-state index is 12.2. The average Bonchev–Trinajstić information content (AvgIpc) is 2.35. The molecule has 1 unspecified atom stereocenters. The van der Waals surface area contributed by atoms with Crippen molar-refractivity contribution in [2.45, 2.75) is 37.7 Å². The number of hydrogen-bond donors (Lipinski definition) is 3. The Morgan fingerprint density at radius 2 is 2.05 bits per heavy atom. The van der Waals surface area contributed by atoms with E-state index in [4.69, 9.17) is 10.5 Å². The molecule has 0 aromatic heterocycles. The number of nitrogens with one attached hydrogen (secondary N) is 1. The van der Waals surface area contributed by atoms with Crippen LogP contribution in [0.25, 0.3) is 0 Å². The van der Waals surface area contributed by atoms with E-state index in [0.717, 1.165) is 0 Å². The third-order valence-electron chi connectivity index (χ3n) is 3.01. The Morgan fingerprint density at radius 1 is 1.43 bits per heavy atom. The Kier molecular flexibility index (Phi) is 5.61. The highest BCUT2D eigenvalue weighted by atomic mass is 32.2. The molecule has 0 fully saturated rings. The van der Waals surface area contributed by atoms with Crippen LogP contribution in [0.15, 0.2) is 23.1 Å². The van der Waals surface area contributed by atoms with Gasteiger partial charge in [-0.1, -0.05) is 13.8 Å². The van der Waals surface area contributed by atoms with Crippen molar-refractivity contribution in [3.63, 3.8) is 0 Å². The molecule has 6 nitrogen and oxygen atoms in total. The standard InChI is InChI=1S/C14H24N2O4S/c1-10(2)8-14(3,17)9-16-21(18,19)11-5-6-12(15)13(7-11)20-4/h5-7,10,16-17H,8-9,15H2,1-4H3. The Bertz CT molecular complexity index is 583. The van der Waals surface area contributed by atoms with E-state index in [-0.39, 0.29) is 17.4 Å². The number of rotatable bonds is 7. The molecule has 0 bridgehead atoms. The molecule has 0 aliphatic heterocycles. The predicted molar refractivity (Wildman–Crippen MR) is 82.7 cm³/mol. The van der Waals surface area contributed by atoms with Gasteiger partial charge in [-0.15, -0.1) is 0 Å². The number of ether oxygens (including phenoxy) is 1. The summed E-state index contributed by atoms with van der Waals surface area (Å²) >= 11 is 0. The van der Waals surface area contributed by atoms with Crippen LogP contribution in [0.2, 0.25) is 0 Å². The first-order valence-corrected chi connectivity index (χ1v) is 8.21. The van der Waals surface area contributed by atoms with Crippen molar-refractivity contribution in [2.75, 3.05) is 19.4 Å². The minimum absolute atomic E-state index is 0.0499. The highest BCUT2D eigenvalue weighted by Gasteiger charge is 2.25. The minimum Gasteiger partial charge on any atom is -0.495 e. The van der Waals surface area contributed by atoms with Gasteiger partial charge in [-0.05, 0) is 31.4 Å². The van der Waals surface area contributed by atoms with Crippen molar-refractivity contribution in [1.29, 1.82) is 0 Å². The summed E-state index contributed by atoms with van der Waals surface area (Å²) in [5.74, 6) is 0.563. The Morgan fingerprint density at radius 3 is 2.57 bits per heavy atom. The number of nitrogen functional groups attached to an aromatic ring is 1. The van der Waals surface area contributed by atoms with Crippen LogP contribution in [0.1, 0.15) is 27.2 Å². The number of nitrogens with two attached hydrogens (primary N) is 1. The quantitative estimate of drug-likeness (QED) is 0.659. The van der Waals surface area contributed by atoms with Crippen molar-refractivity contribution < 1.29 is 18.3 Å². The molecule has 0 saturated carbocycles. The second kappa shape index (κ2) is 6.64. The molecule has 0 aliphatic rings. The van der Waals surface area contributed by atoms with Gasteiger partial charge in [0.25, 0.3) is 0 Å². The molecule has 0 radical (unpaired) electrons. The molecule has 1 atom stereocenters. The van der Waals surface area contributed by atoms with Gasteiger partial charge in [0.05, 0.1) is 23.3 Å². The molecule has 21 heavy (non-hydrogen) atoms. The Labute approximate surface area is 126 Å². The Balaban J connectivity index is 2.87. The normalized spacial score (nSPS) is 15.0. The van der Waals surface area contributed by atoms with Crippen LogP contribution in [-0.2, 0) is 10.0 Å². The Hall–Kier alpha value is -1.31. The highest BCUT2D eigenvalue weighted by Crippen LogP contribution is 2.25. The van der Waals surface area contributed by atoms with Gasteiger partial charge < -0.3 is 15.6 Å². The fraction of sp³-hybridized carbons (Fsp3) is 0.571. The van der Waals surface area contributed by atoms with Crippen LogP contribution in [-0.4, -0.2) is 32.8 Å². The average molecular weight is 316 g/mol. The summed E-state index contributed by atoms with van der Waals surface area (Å²) in [5, 5.41) is 10.2. The summed E-state index contributed by atoms with van der Waals surface area (Å²) in [4.78, 5) is 0.0499. The largest absolute Gasteiger partial charge is 0.495 e. The van der Waals surface area contributed by atoms with Gasteiger partial charge in [0.2, 0.25) is 10.0 Å². The summed E-state index contributed by atoms with van der Waals surface area (Å²) in [7, 11) is -2.30. The van der Waals surface area contributed by atoms with Crippen molar-refractivity contribution in [2.24, 2.45) is 5.92 Å². The monoisotopic (exact) mass is 316 g/mol. The van der Waals surface area contributed by atoms with Crippen molar-refractivity contribution >= 4 is 15.7 Å². The first kappa shape index (κ1) is 17.7. The molecule has 1 aromatic carbocycles. The fourth-order valence-electron chi connectivity index (χ4n) is 2.14. The second-order valence-electron chi connectivity index (χ2n) is 5.82.